The van der Waals surface area contributed by atoms with Gasteiger partial charge >= 0.3 is 12.1 Å². The highest BCUT2D eigenvalue weighted by atomic mass is 35.5. The number of hydrogen-bond donors (Lipinski definition) is 1. The molecule has 0 aliphatic carbocycles. The van der Waals surface area contributed by atoms with E-state index in [0.717, 1.165) is 6.42 Å². The standard InChI is InChI=1S/C10H18ClNO4/c1-4-7(3)8(9(13)15-5-2)12-10(14)16-6-11/h7-8H,4-6H2,1-3H3,(H,12,14). The smallest absolute Gasteiger partial charge is 0.409 e. The number of amides is 1. The third kappa shape index (κ3) is 5.21. The Morgan fingerprint density at radius 3 is 2.38 bits per heavy atom. The molecule has 1 N–H and O–H groups in total. The zero-order chi connectivity index (χ0) is 12.6. The van der Waals surface area contributed by atoms with E-state index in [1.165, 1.54) is 0 Å². The molecule has 0 rings (SSSR count). The Morgan fingerprint density at radius 2 is 1.94 bits per heavy atom. The van der Waals surface area contributed by atoms with E-state index >= 15 is 0 Å². The lowest BCUT2D eigenvalue weighted by molar-refractivity contribution is -0.146. The van der Waals surface area contributed by atoms with Crippen LogP contribution in [0.25, 0.3) is 0 Å². The van der Waals surface area contributed by atoms with Crippen molar-refractivity contribution in [2.75, 3.05) is 12.7 Å². The molecule has 1 amide bonds. The van der Waals surface area contributed by atoms with Crippen LogP contribution in [0.5, 0.6) is 0 Å². The van der Waals surface area contributed by atoms with Crippen LogP contribution in [-0.4, -0.2) is 30.8 Å². The fourth-order valence-corrected chi connectivity index (χ4v) is 1.22. The lowest BCUT2D eigenvalue weighted by atomic mass is 9.99. The van der Waals surface area contributed by atoms with Gasteiger partial charge in [0.2, 0.25) is 0 Å². The summed E-state index contributed by atoms with van der Waals surface area (Å²) in [5, 5.41) is 2.43. The molecule has 0 spiro atoms. The first kappa shape index (κ1) is 15.0. The molecule has 6 heteroatoms. The second-order valence-electron chi connectivity index (χ2n) is 3.30. The van der Waals surface area contributed by atoms with Gasteiger partial charge in [-0.15, -0.1) is 0 Å². The molecule has 0 fully saturated rings. The minimum atomic E-state index is -0.714. The zero-order valence-electron chi connectivity index (χ0n) is 9.79. The Morgan fingerprint density at radius 1 is 1.31 bits per heavy atom. The normalized spacial score (nSPS) is 13.8. The van der Waals surface area contributed by atoms with Crippen molar-refractivity contribution in [3.63, 3.8) is 0 Å². The highest BCUT2D eigenvalue weighted by molar-refractivity contribution is 6.17. The van der Waals surface area contributed by atoms with Gasteiger partial charge in [-0.1, -0.05) is 31.9 Å². The van der Waals surface area contributed by atoms with Gasteiger partial charge in [-0.3, -0.25) is 0 Å². The zero-order valence-corrected chi connectivity index (χ0v) is 10.5. The van der Waals surface area contributed by atoms with Crippen LogP contribution in [0, 0.1) is 5.92 Å². The van der Waals surface area contributed by atoms with E-state index in [4.69, 9.17) is 16.3 Å². The molecule has 2 unspecified atom stereocenters. The molecule has 0 heterocycles. The average molecular weight is 252 g/mol. The molecule has 0 aliphatic rings. The van der Waals surface area contributed by atoms with E-state index in [1.54, 1.807) is 6.92 Å². The van der Waals surface area contributed by atoms with Crippen molar-refractivity contribution in [1.29, 1.82) is 0 Å². The first-order valence-electron chi connectivity index (χ1n) is 5.22. The predicted molar refractivity (Wildman–Crippen MR) is 60.2 cm³/mol. The quantitative estimate of drug-likeness (QED) is 0.578. The number of halogens is 1. The molecule has 94 valence electrons. The van der Waals surface area contributed by atoms with Gasteiger partial charge in [0.1, 0.15) is 6.04 Å². The fourth-order valence-electron chi connectivity index (χ4n) is 1.12. The largest absolute Gasteiger partial charge is 0.464 e. The molecule has 0 aromatic carbocycles. The van der Waals surface area contributed by atoms with E-state index < -0.39 is 18.1 Å². The molecular weight excluding hydrogens is 234 g/mol. The van der Waals surface area contributed by atoms with Crippen molar-refractivity contribution in [3.05, 3.63) is 0 Å². The molecule has 0 saturated carbocycles. The fraction of sp³-hybridized carbons (Fsp3) is 0.800. The second-order valence-corrected chi connectivity index (χ2v) is 3.52. The van der Waals surface area contributed by atoms with Crippen LogP contribution in [0.3, 0.4) is 0 Å². The van der Waals surface area contributed by atoms with E-state index in [9.17, 15) is 9.59 Å². The lowest BCUT2D eigenvalue weighted by Crippen LogP contribution is -2.46. The Hall–Kier alpha value is -0.970. The van der Waals surface area contributed by atoms with Gasteiger partial charge in [0, 0.05) is 0 Å². The SMILES string of the molecule is CCOC(=O)C(NC(=O)OCCl)C(C)CC. The summed E-state index contributed by atoms with van der Waals surface area (Å²) in [4.78, 5) is 22.7. The van der Waals surface area contributed by atoms with Crippen molar-refractivity contribution < 1.29 is 19.1 Å². The highest BCUT2D eigenvalue weighted by Crippen LogP contribution is 2.09. The molecule has 0 radical (unpaired) electrons. The van der Waals surface area contributed by atoms with Crippen LogP contribution in [0.1, 0.15) is 27.2 Å². The summed E-state index contributed by atoms with van der Waals surface area (Å²) in [5.41, 5.74) is 0. The minimum absolute atomic E-state index is 0.0260. The van der Waals surface area contributed by atoms with Gasteiger partial charge in [-0.05, 0) is 12.8 Å². The van der Waals surface area contributed by atoms with Crippen LogP contribution >= 0.6 is 11.6 Å². The molecule has 0 bridgehead atoms. The van der Waals surface area contributed by atoms with E-state index in [-0.39, 0.29) is 18.6 Å². The Labute approximate surface area is 100 Å². The maximum Gasteiger partial charge on any atom is 0.409 e. The van der Waals surface area contributed by atoms with Crippen molar-refractivity contribution >= 4 is 23.7 Å². The molecule has 0 saturated heterocycles. The molecular formula is C10H18ClNO4. The summed E-state index contributed by atoms with van der Waals surface area (Å²) in [5.74, 6) is -0.481. The van der Waals surface area contributed by atoms with Crippen molar-refractivity contribution in [1.82, 2.24) is 5.32 Å². The summed E-state index contributed by atoms with van der Waals surface area (Å²) >= 11 is 5.23. The first-order chi connectivity index (χ1) is 7.56. The van der Waals surface area contributed by atoms with E-state index in [2.05, 4.69) is 10.1 Å². The van der Waals surface area contributed by atoms with E-state index in [0.29, 0.717) is 0 Å². The number of alkyl carbamates (subject to hydrolysis) is 1. The molecule has 5 nitrogen and oxygen atoms in total. The number of esters is 1. The average Bonchev–Trinajstić information content (AvgIpc) is 2.25. The maximum absolute atomic E-state index is 11.6. The van der Waals surface area contributed by atoms with Crippen LogP contribution in [0.4, 0.5) is 4.79 Å². The number of carbonyl (C=O) groups is 2. The van der Waals surface area contributed by atoms with Gasteiger partial charge in [-0.2, -0.15) is 0 Å². The first-order valence-corrected chi connectivity index (χ1v) is 5.76. The Balaban J connectivity index is 4.42. The van der Waals surface area contributed by atoms with Gasteiger partial charge < -0.3 is 14.8 Å². The van der Waals surface area contributed by atoms with Crippen molar-refractivity contribution in [2.45, 2.75) is 33.2 Å². The summed E-state index contributed by atoms with van der Waals surface area (Å²) in [6, 6.07) is -0.942. The molecule has 2 atom stereocenters. The monoisotopic (exact) mass is 251 g/mol. The van der Waals surface area contributed by atoms with Gasteiger partial charge in [0.05, 0.1) is 6.61 Å². The highest BCUT2D eigenvalue weighted by Gasteiger charge is 2.27. The van der Waals surface area contributed by atoms with Crippen molar-refractivity contribution in [2.24, 2.45) is 5.92 Å². The maximum atomic E-state index is 11.6. The van der Waals surface area contributed by atoms with Gasteiger partial charge in [-0.25, -0.2) is 9.59 Å². The number of hydrogen-bond acceptors (Lipinski definition) is 4. The van der Waals surface area contributed by atoms with Crippen LogP contribution in [-0.2, 0) is 14.3 Å². The number of nitrogens with one attached hydrogen (secondary N) is 1. The number of carbonyl (C=O) groups excluding carboxylic acids is 2. The summed E-state index contributed by atoms with van der Waals surface area (Å²) in [6.45, 7) is 5.76. The minimum Gasteiger partial charge on any atom is -0.464 e. The molecule has 0 aromatic rings. The third-order valence-electron chi connectivity index (χ3n) is 2.21. The van der Waals surface area contributed by atoms with E-state index in [1.807, 2.05) is 13.8 Å². The molecule has 0 aromatic heterocycles. The summed E-state index contributed by atoms with van der Waals surface area (Å²) in [7, 11) is 0. The van der Waals surface area contributed by atoms with Gasteiger partial charge in [0.25, 0.3) is 0 Å². The lowest BCUT2D eigenvalue weighted by Gasteiger charge is -2.21. The number of ether oxygens (including phenoxy) is 2. The van der Waals surface area contributed by atoms with Crippen LogP contribution in [0.2, 0.25) is 0 Å². The second kappa shape index (κ2) is 8.21. The molecule has 16 heavy (non-hydrogen) atoms. The molecule has 0 aliphatic heterocycles. The van der Waals surface area contributed by atoms with Crippen molar-refractivity contribution in [3.8, 4) is 0 Å². The Bertz CT molecular complexity index is 235. The predicted octanol–water partition coefficient (Wildman–Crippen LogP) is 1.89. The number of rotatable bonds is 6. The topological polar surface area (TPSA) is 64.6 Å². The Kier molecular flexibility index (Phi) is 7.72. The summed E-state index contributed by atoms with van der Waals surface area (Å²) in [6.07, 6.45) is 0.0262. The van der Waals surface area contributed by atoms with Crippen LogP contribution < -0.4 is 5.32 Å². The summed E-state index contributed by atoms with van der Waals surface area (Å²) < 4.78 is 9.37. The number of alkyl halides is 1. The third-order valence-corrected chi connectivity index (χ3v) is 2.32. The van der Waals surface area contributed by atoms with Crippen LogP contribution in [0.15, 0.2) is 0 Å². The van der Waals surface area contributed by atoms with Gasteiger partial charge in [0.15, 0.2) is 6.07 Å².